The number of carbonyl (C=O) groups is 1. The topological polar surface area (TPSA) is 76.9 Å². The number of hydrogen-bond donors (Lipinski definition) is 1. The average Bonchev–Trinajstić information content (AvgIpc) is 3.31. The van der Waals surface area contributed by atoms with Crippen molar-refractivity contribution in [3.05, 3.63) is 62.3 Å². The van der Waals surface area contributed by atoms with Crippen molar-refractivity contribution < 1.29 is 4.79 Å². The number of fused-ring (bicyclic) bond motifs is 1. The van der Waals surface area contributed by atoms with E-state index < -0.39 is 0 Å². The van der Waals surface area contributed by atoms with Crippen LogP contribution in [0.3, 0.4) is 0 Å². The number of aryl methyl sites for hydroxylation is 2. The summed E-state index contributed by atoms with van der Waals surface area (Å²) in [6.45, 7) is 3.91. The van der Waals surface area contributed by atoms with Gasteiger partial charge in [-0.1, -0.05) is 19.1 Å². The first kappa shape index (κ1) is 18.5. The molecule has 0 spiro atoms. The molecule has 142 valence electrons. The van der Waals surface area contributed by atoms with Crippen molar-refractivity contribution >= 4 is 44.5 Å². The molecule has 8 heteroatoms. The van der Waals surface area contributed by atoms with Gasteiger partial charge in [-0.05, 0) is 31.5 Å². The van der Waals surface area contributed by atoms with Gasteiger partial charge in [0.1, 0.15) is 11.4 Å². The summed E-state index contributed by atoms with van der Waals surface area (Å²) in [6.07, 6.45) is 2.30. The molecule has 0 saturated carbocycles. The molecule has 0 aliphatic heterocycles. The lowest BCUT2D eigenvalue weighted by Crippen LogP contribution is -2.27. The Morgan fingerprint density at radius 3 is 2.89 bits per heavy atom. The summed E-state index contributed by atoms with van der Waals surface area (Å²) in [5.41, 5.74) is 2.29. The van der Waals surface area contributed by atoms with E-state index in [4.69, 9.17) is 0 Å². The molecule has 0 saturated heterocycles. The molecule has 0 aliphatic rings. The Morgan fingerprint density at radius 2 is 2.14 bits per heavy atom. The predicted octanol–water partition coefficient (Wildman–Crippen LogP) is 4.09. The lowest BCUT2D eigenvalue weighted by molar-refractivity contribution is -0.116. The van der Waals surface area contributed by atoms with E-state index in [1.807, 2.05) is 49.6 Å². The molecule has 0 radical (unpaired) electrons. The normalized spacial score (nSPS) is 11.1. The Hall–Kier alpha value is -2.84. The third-order valence-electron chi connectivity index (χ3n) is 4.29. The van der Waals surface area contributed by atoms with Crippen LogP contribution >= 0.6 is 22.7 Å². The quantitative estimate of drug-likeness (QED) is 0.538. The van der Waals surface area contributed by atoms with Gasteiger partial charge in [-0.2, -0.15) is 0 Å². The number of thiazole rings is 1. The van der Waals surface area contributed by atoms with Crippen molar-refractivity contribution in [1.29, 1.82) is 0 Å². The number of hydrogen-bond acceptors (Lipinski definition) is 6. The van der Waals surface area contributed by atoms with Crippen molar-refractivity contribution in [3.63, 3.8) is 0 Å². The van der Waals surface area contributed by atoms with Crippen LogP contribution in [-0.2, 0) is 17.8 Å². The standard InChI is InChI=1S/C20H18N4O2S2/c1-3-15-8-16-19(28-15)21-11-24(20(16)26)9-18(25)23-14-6-4-5-13(7-14)17-10-27-12(2)22-17/h4-8,10-11H,3,9H2,1-2H3,(H,23,25). The molecule has 3 heterocycles. The molecule has 0 unspecified atom stereocenters. The van der Waals surface area contributed by atoms with E-state index in [1.54, 1.807) is 11.3 Å². The van der Waals surface area contributed by atoms with Crippen LogP contribution in [0.2, 0.25) is 0 Å². The Morgan fingerprint density at radius 1 is 1.29 bits per heavy atom. The smallest absolute Gasteiger partial charge is 0.262 e. The number of thiophene rings is 1. The molecule has 28 heavy (non-hydrogen) atoms. The van der Waals surface area contributed by atoms with E-state index in [0.717, 1.165) is 27.6 Å². The molecule has 0 aliphatic carbocycles. The van der Waals surface area contributed by atoms with Crippen molar-refractivity contribution in [3.8, 4) is 11.3 Å². The molecule has 6 nitrogen and oxygen atoms in total. The van der Waals surface area contributed by atoms with Gasteiger partial charge in [0, 0.05) is 21.5 Å². The minimum absolute atomic E-state index is 0.0842. The van der Waals surface area contributed by atoms with Crippen molar-refractivity contribution in [2.24, 2.45) is 0 Å². The van der Waals surface area contributed by atoms with E-state index in [9.17, 15) is 9.59 Å². The maximum absolute atomic E-state index is 12.6. The lowest BCUT2D eigenvalue weighted by Gasteiger charge is -2.08. The molecule has 1 N–H and O–H groups in total. The second kappa shape index (κ2) is 7.65. The summed E-state index contributed by atoms with van der Waals surface area (Å²) in [4.78, 5) is 35.7. The number of aromatic nitrogens is 3. The number of nitrogens with one attached hydrogen (secondary N) is 1. The van der Waals surface area contributed by atoms with Crippen LogP contribution in [0.5, 0.6) is 0 Å². The van der Waals surface area contributed by atoms with Gasteiger partial charge in [-0.15, -0.1) is 22.7 Å². The van der Waals surface area contributed by atoms with Gasteiger partial charge in [0.25, 0.3) is 5.56 Å². The van der Waals surface area contributed by atoms with E-state index in [1.165, 1.54) is 22.2 Å². The summed E-state index contributed by atoms with van der Waals surface area (Å²) >= 11 is 3.10. The average molecular weight is 411 g/mol. The highest BCUT2D eigenvalue weighted by atomic mass is 32.1. The van der Waals surface area contributed by atoms with Crippen molar-refractivity contribution in [2.75, 3.05) is 5.32 Å². The molecule has 0 fully saturated rings. The fourth-order valence-electron chi connectivity index (χ4n) is 2.90. The monoisotopic (exact) mass is 410 g/mol. The molecular weight excluding hydrogens is 392 g/mol. The second-order valence-corrected chi connectivity index (χ2v) is 8.52. The highest BCUT2D eigenvalue weighted by Gasteiger charge is 2.11. The molecular formula is C20H18N4O2S2. The zero-order chi connectivity index (χ0) is 19.7. The first-order valence-corrected chi connectivity index (χ1v) is 10.5. The Balaban J connectivity index is 1.53. The molecule has 4 rings (SSSR count). The number of anilines is 1. The minimum atomic E-state index is -0.277. The Labute approximate surface area is 169 Å². The van der Waals surface area contributed by atoms with Crippen LogP contribution in [0.1, 0.15) is 16.8 Å². The molecule has 3 aromatic heterocycles. The zero-order valence-electron chi connectivity index (χ0n) is 15.4. The Bertz CT molecular complexity index is 1220. The molecule has 1 aromatic carbocycles. The second-order valence-electron chi connectivity index (χ2n) is 6.34. The summed E-state index contributed by atoms with van der Waals surface area (Å²) in [5.74, 6) is -0.277. The first-order chi connectivity index (χ1) is 13.5. The number of amides is 1. The van der Waals surface area contributed by atoms with Gasteiger partial charge in [-0.3, -0.25) is 14.2 Å². The highest BCUT2D eigenvalue weighted by molar-refractivity contribution is 7.18. The van der Waals surface area contributed by atoms with Crippen LogP contribution in [0.15, 0.2) is 46.8 Å². The fraction of sp³-hybridized carbons (Fsp3) is 0.200. The van der Waals surface area contributed by atoms with Crippen molar-refractivity contribution in [1.82, 2.24) is 14.5 Å². The van der Waals surface area contributed by atoms with Crippen LogP contribution in [0, 0.1) is 6.92 Å². The third kappa shape index (κ3) is 3.74. The van der Waals surface area contributed by atoms with E-state index in [-0.39, 0.29) is 18.0 Å². The minimum Gasteiger partial charge on any atom is -0.325 e. The third-order valence-corrected chi connectivity index (χ3v) is 6.25. The Kier molecular flexibility index (Phi) is 5.06. The van der Waals surface area contributed by atoms with Crippen LogP contribution in [-0.4, -0.2) is 20.4 Å². The maximum atomic E-state index is 12.6. The van der Waals surface area contributed by atoms with Crippen molar-refractivity contribution in [2.45, 2.75) is 26.8 Å². The SMILES string of the molecule is CCc1cc2c(=O)n(CC(=O)Nc3cccc(-c4csc(C)n4)c3)cnc2s1. The molecule has 0 bridgehead atoms. The lowest BCUT2D eigenvalue weighted by atomic mass is 10.1. The van der Waals surface area contributed by atoms with E-state index in [0.29, 0.717) is 15.9 Å². The van der Waals surface area contributed by atoms with Gasteiger partial charge < -0.3 is 5.32 Å². The van der Waals surface area contributed by atoms with Crippen LogP contribution in [0.25, 0.3) is 21.5 Å². The largest absolute Gasteiger partial charge is 0.325 e. The van der Waals surface area contributed by atoms with Gasteiger partial charge in [0.15, 0.2) is 0 Å². The van der Waals surface area contributed by atoms with E-state index >= 15 is 0 Å². The molecule has 0 atom stereocenters. The number of benzene rings is 1. The number of rotatable bonds is 5. The van der Waals surface area contributed by atoms with E-state index in [2.05, 4.69) is 15.3 Å². The molecule has 4 aromatic rings. The predicted molar refractivity (Wildman–Crippen MR) is 114 cm³/mol. The summed E-state index contributed by atoms with van der Waals surface area (Å²) in [7, 11) is 0. The number of nitrogens with zero attached hydrogens (tertiary/aromatic N) is 3. The first-order valence-electron chi connectivity index (χ1n) is 8.83. The van der Waals surface area contributed by atoms with Gasteiger partial charge >= 0.3 is 0 Å². The van der Waals surface area contributed by atoms with Gasteiger partial charge in [0.05, 0.1) is 22.4 Å². The summed E-state index contributed by atoms with van der Waals surface area (Å²) < 4.78 is 1.34. The number of carbonyl (C=O) groups excluding carboxylic acids is 1. The zero-order valence-corrected chi connectivity index (χ0v) is 17.1. The fourth-order valence-corrected chi connectivity index (χ4v) is 4.45. The maximum Gasteiger partial charge on any atom is 0.262 e. The molecule has 1 amide bonds. The summed E-state index contributed by atoms with van der Waals surface area (Å²) in [6, 6.07) is 9.38. The van der Waals surface area contributed by atoms with Gasteiger partial charge in [-0.25, -0.2) is 9.97 Å². The van der Waals surface area contributed by atoms with Crippen LogP contribution < -0.4 is 10.9 Å². The van der Waals surface area contributed by atoms with Crippen LogP contribution in [0.4, 0.5) is 5.69 Å². The van der Waals surface area contributed by atoms with Gasteiger partial charge in [0.2, 0.25) is 5.91 Å². The highest BCUT2D eigenvalue weighted by Crippen LogP contribution is 2.24. The summed E-state index contributed by atoms with van der Waals surface area (Å²) in [5, 5.41) is 6.40.